The van der Waals surface area contributed by atoms with Crippen molar-refractivity contribution < 1.29 is 4.74 Å². The second-order valence-electron chi connectivity index (χ2n) is 4.11. The number of aromatic nitrogens is 1. The van der Waals surface area contributed by atoms with E-state index in [1.54, 1.807) is 7.11 Å². The first-order valence-electron chi connectivity index (χ1n) is 6.18. The number of rotatable bonds is 8. The molecule has 0 spiro atoms. The molecule has 1 N–H and O–H groups in total. The second-order valence-corrected chi connectivity index (χ2v) is 4.11. The molecule has 1 aromatic heterocycles. The van der Waals surface area contributed by atoms with Crippen molar-refractivity contribution in [3.63, 3.8) is 0 Å². The predicted molar refractivity (Wildman–Crippen MR) is 67.5 cm³/mol. The van der Waals surface area contributed by atoms with Crippen LogP contribution in [0.15, 0.2) is 18.3 Å². The minimum absolute atomic E-state index is 0.468. The van der Waals surface area contributed by atoms with Gasteiger partial charge in [-0.05, 0) is 25.5 Å². The highest BCUT2D eigenvalue weighted by Gasteiger charge is 2.07. The maximum Gasteiger partial charge on any atom is 0.0615 e. The van der Waals surface area contributed by atoms with Crippen LogP contribution in [-0.4, -0.2) is 24.3 Å². The smallest absolute Gasteiger partial charge is 0.0615 e. The molecule has 0 aromatic carbocycles. The Hall–Kier alpha value is -0.800. The van der Waals surface area contributed by atoms with E-state index in [2.05, 4.69) is 42.1 Å². The van der Waals surface area contributed by atoms with Gasteiger partial charge in [-0.1, -0.05) is 13.3 Å². The Labute approximate surface area is 98.8 Å². The van der Waals surface area contributed by atoms with Gasteiger partial charge < -0.3 is 14.6 Å². The fraction of sp³-hybridized carbons (Fsp3) is 0.692. The summed E-state index contributed by atoms with van der Waals surface area (Å²) in [6.45, 7) is 7.13. The zero-order chi connectivity index (χ0) is 11.8. The predicted octanol–water partition coefficient (Wildman–Crippen LogP) is 2.41. The van der Waals surface area contributed by atoms with E-state index >= 15 is 0 Å². The first-order chi connectivity index (χ1) is 7.81. The molecule has 3 heteroatoms. The Morgan fingerprint density at radius 2 is 2.25 bits per heavy atom. The summed E-state index contributed by atoms with van der Waals surface area (Å²) in [5, 5.41) is 3.55. The fourth-order valence-electron chi connectivity index (χ4n) is 1.96. The average Bonchev–Trinajstić information content (AvgIpc) is 2.74. The van der Waals surface area contributed by atoms with E-state index in [0.29, 0.717) is 6.04 Å². The third-order valence-electron chi connectivity index (χ3n) is 2.84. The summed E-state index contributed by atoms with van der Waals surface area (Å²) in [4.78, 5) is 0. The van der Waals surface area contributed by atoms with Crippen LogP contribution in [0, 0.1) is 0 Å². The minimum Gasteiger partial charge on any atom is -0.383 e. The lowest BCUT2D eigenvalue weighted by Gasteiger charge is -2.17. The van der Waals surface area contributed by atoms with E-state index < -0.39 is 0 Å². The average molecular weight is 224 g/mol. The summed E-state index contributed by atoms with van der Waals surface area (Å²) in [5.74, 6) is 0. The minimum atomic E-state index is 0.468. The van der Waals surface area contributed by atoms with Crippen LogP contribution >= 0.6 is 0 Å². The van der Waals surface area contributed by atoms with E-state index in [0.717, 1.165) is 19.7 Å². The largest absolute Gasteiger partial charge is 0.383 e. The first-order valence-corrected chi connectivity index (χ1v) is 6.18. The molecule has 92 valence electrons. The van der Waals surface area contributed by atoms with Crippen LogP contribution in [0.25, 0.3) is 0 Å². The summed E-state index contributed by atoms with van der Waals surface area (Å²) in [6, 6.07) is 4.74. The van der Waals surface area contributed by atoms with Crippen molar-refractivity contribution in [2.45, 2.75) is 45.8 Å². The van der Waals surface area contributed by atoms with Gasteiger partial charge in [0.05, 0.1) is 6.61 Å². The molecule has 16 heavy (non-hydrogen) atoms. The van der Waals surface area contributed by atoms with E-state index in [-0.39, 0.29) is 0 Å². The molecule has 1 aromatic rings. The van der Waals surface area contributed by atoms with Gasteiger partial charge in [-0.2, -0.15) is 0 Å². The topological polar surface area (TPSA) is 26.2 Å². The first kappa shape index (κ1) is 13.3. The lowest BCUT2D eigenvalue weighted by molar-refractivity contribution is 0.161. The maximum absolute atomic E-state index is 5.21. The number of hydrogen-bond acceptors (Lipinski definition) is 2. The van der Waals surface area contributed by atoms with Gasteiger partial charge in [0, 0.05) is 38.1 Å². The third-order valence-corrected chi connectivity index (χ3v) is 2.84. The van der Waals surface area contributed by atoms with Gasteiger partial charge in [0.25, 0.3) is 0 Å². The summed E-state index contributed by atoms with van der Waals surface area (Å²) in [6.07, 6.45) is 4.48. The quantitative estimate of drug-likeness (QED) is 0.734. The number of nitrogens with zero attached hydrogens (tertiary/aromatic N) is 1. The monoisotopic (exact) mass is 224 g/mol. The Balaban J connectivity index is 2.41. The molecule has 0 aliphatic carbocycles. The number of aryl methyl sites for hydroxylation is 1. The van der Waals surface area contributed by atoms with Crippen LogP contribution in [-0.2, 0) is 17.8 Å². The zero-order valence-electron chi connectivity index (χ0n) is 10.7. The Kier molecular flexibility index (Phi) is 6.19. The van der Waals surface area contributed by atoms with Crippen molar-refractivity contribution in [3.8, 4) is 0 Å². The Morgan fingerprint density at radius 1 is 1.44 bits per heavy atom. The molecule has 0 saturated heterocycles. The van der Waals surface area contributed by atoms with Crippen molar-refractivity contribution in [1.82, 2.24) is 9.88 Å². The summed E-state index contributed by atoms with van der Waals surface area (Å²) < 4.78 is 7.48. The molecule has 0 saturated carbocycles. The van der Waals surface area contributed by atoms with Crippen LogP contribution in [0.4, 0.5) is 0 Å². The van der Waals surface area contributed by atoms with Crippen LogP contribution in [0.5, 0.6) is 0 Å². The molecule has 0 bridgehead atoms. The van der Waals surface area contributed by atoms with E-state index in [1.807, 2.05) is 0 Å². The van der Waals surface area contributed by atoms with Crippen LogP contribution in [0.1, 0.15) is 32.4 Å². The van der Waals surface area contributed by atoms with Crippen LogP contribution in [0.3, 0.4) is 0 Å². The SMILES string of the molecule is CCCC(COC)NCc1cccn1CC. The molecule has 3 nitrogen and oxygen atoms in total. The molecule has 0 aliphatic heterocycles. The number of methoxy groups -OCH3 is 1. The highest BCUT2D eigenvalue weighted by Crippen LogP contribution is 2.04. The van der Waals surface area contributed by atoms with E-state index in [9.17, 15) is 0 Å². The lowest BCUT2D eigenvalue weighted by atomic mass is 10.2. The molecule has 1 rings (SSSR count). The molecule has 0 radical (unpaired) electrons. The summed E-state index contributed by atoms with van der Waals surface area (Å²) in [7, 11) is 1.76. The third kappa shape index (κ3) is 3.99. The number of hydrogen-bond donors (Lipinski definition) is 1. The molecule has 1 unspecified atom stereocenters. The molecular weight excluding hydrogens is 200 g/mol. The van der Waals surface area contributed by atoms with E-state index in [4.69, 9.17) is 4.74 Å². The molecule has 1 atom stereocenters. The molecule has 1 heterocycles. The van der Waals surface area contributed by atoms with Gasteiger partial charge in [0.1, 0.15) is 0 Å². The maximum atomic E-state index is 5.21. The number of nitrogens with one attached hydrogen (secondary N) is 1. The van der Waals surface area contributed by atoms with Gasteiger partial charge in [0.2, 0.25) is 0 Å². The lowest BCUT2D eigenvalue weighted by Crippen LogP contribution is -2.33. The van der Waals surface area contributed by atoms with Crippen LogP contribution < -0.4 is 5.32 Å². The molecule has 0 aliphatic rings. The van der Waals surface area contributed by atoms with E-state index in [1.165, 1.54) is 18.5 Å². The van der Waals surface area contributed by atoms with Gasteiger partial charge in [-0.15, -0.1) is 0 Å². The summed E-state index contributed by atoms with van der Waals surface area (Å²) in [5.41, 5.74) is 1.35. The van der Waals surface area contributed by atoms with Gasteiger partial charge >= 0.3 is 0 Å². The van der Waals surface area contributed by atoms with Crippen molar-refractivity contribution in [2.75, 3.05) is 13.7 Å². The molecular formula is C13H24N2O. The normalized spacial score (nSPS) is 12.9. The van der Waals surface area contributed by atoms with Gasteiger partial charge in [-0.25, -0.2) is 0 Å². The standard InChI is InChI=1S/C13H24N2O/c1-4-7-12(11-16-3)14-10-13-8-6-9-15(13)5-2/h6,8-9,12,14H,4-5,7,10-11H2,1-3H3. The number of ether oxygens (including phenoxy) is 1. The molecule has 0 amide bonds. The zero-order valence-corrected chi connectivity index (χ0v) is 10.7. The Bertz CT molecular complexity index is 277. The van der Waals surface area contributed by atoms with Crippen LogP contribution in [0.2, 0.25) is 0 Å². The highest BCUT2D eigenvalue weighted by molar-refractivity contribution is 5.06. The molecule has 0 fully saturated rings. The van der Waals surface area contributed by atoms with Gasteiger partial charge in [-0.3, -0.25) is 0 Å². The fourth-order valence-corrected chi connectivity index (χ4v) is 1.96. The van der Waals surface area contributed by atoms with Crippen molar-refractivity contribution >= 4 is 0 Å². The van der Waals surface area contributed by atoms with Crippen molar-refractivity contribution in [3.05, 3.63) is 24.0 Å². The van der Waals surface area contributed by atoms with Gasteiger partial charge in [0.15, 0.2) is 0 Å². The van der Waals surface area contributed by atoms with Crippen molar-refractivity contribution in [2.24, 2.45) is 0 Å². The summed E-state index contributed by atoms with van der Waals surface area (Å²) >= 11 is 0. The van der Waals surface area contributed by atoms with Crippen molar-refractivity contribution in [1.29, 1.82) is 0 Å². The Morgan fingerprint density at radius 3 is 2.88 bits per heavy atom. The highest BCUT2D eigenvalue weighted by atomic mass is 16.5. The second kappa shape index (κ2) is 7.47.